The molecule has 1 aliphatic heterocycles. The molecule has 1 fully saturated rings. The van der Waals surface area contributed by atoms with E-state index < -0.39 is 0 Å². The van der Waals surface area contributed by atoms with Crippen LogP contribution in [0.25, 0.3) is 0 Å². The van der Waals surface area contributed by atoms with E-state index in [4.69, 9.17) is 5.26 Å². The Morgan fingerprint density at radius 3 is 2.79 bits per heavy atom. The number of hydrogen-bond donors (Lipinski definition) is 0. The number of likely N-dealkylation sites (N-methyl/N-ethyl adjacent to an activating group) is 1. The summed E-state index contributed by atoms with van der Waals surface area (Å²) < 4.78 is 1.13. The molecule has 1 aromatic carbocycles. The lowest BCUT2D eigenvalue weighted by molar-refractivity contribution is 0.233. The molecule has 1 saturated heterocycles. The van der Waals surface area contributed by atoms with Crippen molar-refractivity contribution in [3.8, 4) is 6.07 Å². The molecule has 3 nitrogen and oxygen atoms in total. The van der Waals surface area contributed by atoms with E-state index in [1.807, 2.05) is 0 Å². The normalized spacial score (nSPS) is 24.3. The third-order valence-corrected chi connectivity index (χ3v) is 4.62. The Balaban J connectivity index is 2.32. The highest BCUT2D eigenvalue weighted by Gasteiger charge is 2.30. The van der Waals surface area contributed by atoms with E-state index in [0.29, 0.717) is 12.5 Å². The zero-order valence-electron chi connectivity index (χ0n) is 11.7. The van der Waals surface area contributed by atoms with E-state index in [-0.39, 0.29) is 6.04 Å². The molecule has 2 rings (SSSR count). The van der Waals surface area contributed by atoms with Gasteiger partial charge in [0.1, 0.15) is 0 Å². The van der Waals surface area contributed by atoms with Gasteiger partial charge in [0.05, 0.1) is 18.5 Å². The molecule has 4 heteroatoms. The Morgan fingerprint density at radius 2 is 2.16 bits per heavy atom. The van der Waals surface area contributed by atoms with Gasteiger partial charge in [-0.05, 0) is 44.7 Å². The predicted molar refractivity (Wildman–Crippen MR) is 82.3 cm³/mol. The SMILES string of the molecule is Cc1cc(N2C(C)CN(C)CC2CC#N)ccc1Br. The highest BCUT2D eigenvalue weighted by Crippen LogP contribution is 2.29. The van der Waals surface area contributed by atoms with Crippen LogP contribution in [-0.4, -0.2) is 37.1 Å². The van der Waals surface area contributed by atoms with Crippen molar-refractivity contribution >= 4 is 21.6 Å². The van der Waals surface area contributed by atoms with Gasteiger partial charge in [0.15, 0.2) is 0 Å². The lowest BCUT2D eigenvalue weighted by Crippen LogP contribution is -2.56. The van der Waals surface area contributed by atoms with Gasteiger partial charge >= 0.3 is 0 Å². The number of hydrogen-bond acceptors (Lipinski definition) is 3. The fourth-order valence-corrected chi connectivity index (χ4v) is 3.19. The molecular weight excluding hydrogens is 302 g/mol. The van der Waals surface area contributed by atoms with Crippen LogP contribution in [0.1, 0.15) is 18.9 Å². The number of rotatable bonds is 2. The summed E-state index contributed by atoms with van der Waals surface area (Å²) >= 11 is 3.54. The largest absolute Gasteiger partial charge is 0.362 e. The lowest BCUT2D eigenvalue weighted by Gasteiger charge is -2.45. The fourth-order valence-electron chi connectivity index (χ4n) is 2.94. The van der Waals surface area contributed by atoms with Gasteiger partial charge in [-0.15, -0.1) is 0 Å². The highest BCUT2D eigenvalue weighted by molar-refractivity contribution is 9.10. The first-order valence-corrected chi connectivity index (χ1v) is 7.42. The average Bonchev–Trinajstić information content (AvgIpc) is 2.33. The van der Waals surface area contributed by atoms with Gasteiger partial charge in [-0.3, -0.25) is 0 Å². The van der Waals surface area contributed by atoms with E-state index >= 15 is 0 Å². The third-order valence-electron chi connectivity index (χ3n) is 3.73. The maximum atomic E-state index is 9.05. The van der Waals surface area contributed by atoms with Crippen LogP contribution in [0, 0.1) is 18.3 Å². The van der Waals surface area contributed by atoms with Crippen LogP contribution >= 0.6 is 15.9 Å². The van der Waals surface area contributed by atoms with Gasteiger partial charge in [0.25, 0.3) is 0 Å². The van der Waals surface area contributed by atoms with Crippen molar-refractivity contribution in [1.82, 2.24) is 4.90 Å². The second-order valence-corrected chi connectivity index (χ2v) is 6.28. The molecule has 0 saturated carbocycles. The van der Waals surface area contributed by atoms with E-state index in [1.165, 1.54) is 11.3 Å². The standard InChI is InChI=1S/C15H20BrN3/c1-11-8-13(4-5-15(11)16)19-12(2)9-18(3)10-14(19)6-7-17/h4-5,8,12,14H,6,9-10H2,1-3H3. The molecule has 2 atom stereocenters. The minimum Gasteiger partial charge on any atom is -0.362 e. The summed E-state index contributed by atoms with van der Waals surface area (Å²) in [5.41, 5.74) is 2.46. The topological polar surface area (TPSA) is 30.3 Å². The number of piperazine rings is 1. The minimum absolute atomic E-state index is 0.277. The average molecular weight is 322 g/mol. The molecule has 0 aliphatic carbocycles. The van der Waals surface area contributed by atoms with Gasteiger partial charge in [-0.2, -0.15) is 5.26 Å². The monoisotopic (exact) mass is 321 g/mol. The summed E-state index contributed by atoms with van der Waals surface area (Å²) in [6.45, 7) is 6.33. The van der Waals surface area contributed by atoms with E-state index in [9.17, 15) is 0 Å². The third kappa shape index (κ3) is 3.10. The van der Waals surface area contributed by atoms with Gasteiger partial charge < -0.3 is 9.80 Å². The lowest BCUT2D eigenvalue weighted by atomic mass is 10.0. The predicted octanol–water partition coefficient (Wildman–Crippen LogP) is 3.18. The smallest absolute Gasteiger partial charge is 0.0643 e. The van der Waals surface area contributed by atoms with Crippen molar-refractivity contribution < 1.29 is 0 Å². The van der Waals surface area contributed by atoms with Crippen LogP contribution in [0.4, 0.5) is 5.69 Å². The summed E-state index contributed by atoms with van der Waals surface area (Å²) in [5, 5.41) is 9.05. The van der Waals surface area contributed by atoms with Crippen molar-refractivity contribution in [3.63, 3.8) is 0 Å². The summed E-state index contributed by atoms with van der Waals surface area (Å²) in [7, 11) is 2.13. The summed E-state index contributed by atoms with van der Waals surface area (Å²) in [5.74, 6) is 0. The molecule has 1 heterocycles. The Hall–Kier alpha value is -1.05. The first-order valence-electron chi connectivity index (χ1n) is 6.63. The second-order valence-electron chi connectivity index (χ2n) is 5.43. The molecule has 2 unspecified atom stereocenters. The number of benzene rings is 1. The molecular formula is C15H20BrN3. The van der Waals surface area contributed by atoms with Crippen LogP contribution in [0.15, 0.2) is 22.7 Å². The number of nitrogens with zero attached hydrogens (tertiary/aromatic N) is 3. The van der Waals surface area contributed by atoms with Crippen LogP contribution < -0.4 is 4.90 Å². The molecule has 0 N–H and O–H groups in total. The van der Waals surface area contributed by atoms with Gasteiger partial charge in [0.2, 0.25) is 0 Å². The molecule has 19 heavy (non-hydrogen) atoms. The number of nitriles is 1. The maximum absolute atomic E-state index is 9.05. The molecule has 0 radical (unpaired) electrons. The van der Waals surface area contributed by atoms with Crippen LogP contribution in [0.5, 0.6) is 0 Å². The van der Waals surface area contributed by atoms with Crippen LogP contribution in [0.3, 0.4) is 0 Å². The maximum Gasteiger partial charge on any atom is 0.0643 e. The van der Waals surface area contributed by atoms with E-state index in [1.54, 1.807) is 0 Å². The second kappa shape index (κ2) is 5.94. The highest BCUT2D eigenvalue weighted by atomic mass is 79.9. The molecule has 0 aromatic heterocycles. The van der Waals surface area contributed by atoms with E-state index in [2.05, 4.69) is 70.9 Å². The summed E-state index contributed by atoms with van der Waals surface area (Å²) in [4.78, 5) is 4.72. The quantitative estimate of drug-likeness (QED) is 0.838. The number of anilines is 1. The van der Waals surface area contributed by atoms with Crippen molar-refractivity contribution in [2.45, 2.75) is 32.4 Å². The van der Waals surface area contributed by atoms with Gasteiger partial charge in [-0.25, -0.2) is 0 Å². The zero-order chi connectivity index (χ0) is 14.0. The van der Waals surface area contributed by atoms with Crippen molar-refractivity contribution in [2.75, 3.05) is 25.0 Å². The number of aryl methyl sites for hydroxylation is 1. The summed E-state index contributed by atoms with van der Waals surface area (Å²) in [6.07, 6.45) is 0.573. The van der Waals surface area contributed by atoms with Crippen molar-refractivity contribution in [1.29, 1.82) is 5.26 Å². The fraction of sp³-hybridized carbons (Fsp3) is 0.533. The Kier molecular flexibility index (Phi) is 4.49. The van der Waals surface area contributed by atoms with Crippen LogP contribution in [-0.2, 0) is 0 Å². The Bertz CT molecular complexity index is 495. The molecule has 0 bridgehead atoms. The molecule has 1 aliphatic rings. The number of halogens is 1. The first kappa shape index (κ1) is 14.4. The van der Waals surface area contributed by atoms with Crippen molar-refractivity contribution in [3.05, 3.63) is 28.2 Å². The van der Waals surface area contributed by atoms with Gasteiger partial charge in [-0.1, -0.05) is 15.9 Å². The molecule has 0 amide bonds. The first-order chi connectivity index (χ1) is 9.02. The van der Waals surface area contributed by atoms with Crippen molar-refractivity contribution in [2.24, 2.45) is 0 Å². The zero-order valence-corrected chi connectivity index (χ0v) is 13.3. The Labute approximate surface area is 123 Å². The molecule has 102 valence electrons. The van der Waals surface area contributed by atoms with Gasteiger partial charge in [0, 0.05) is 29.3 Å². The molecule has 0 spiro atoms. The summed E-state index contributed by atoms with van der Waals surface area (Å²) in [6, 6.07) is 9.48. The van der Waals surface area contributed by atoms with E-state index in [0.717, 1.165) is 17.6 Å². The molecule has 1 aromatic rings. The van der Waals surface area contributed by atoms with Crippen LogP contribution in [0.2, 0.25) is 0 Å². The Morgan fingerprint density at radius 1 is 1.42 bits per heavy atom. The minimum atomic E-state index is 0.277.